The minimum Gasteiger partial charge on any atom is -0.744 e. The van der Waals surface area contributed by atoms with E-state index in [0.29, 0.717) is 34.3 Å². The maximum absolute atomic E-state index is 13.1. The fraction of sp³-hybridized carbons (Fsp3) is 0.0370. The number of carbonyl (C=O) groups excluding carboxylic acids is 4. The number of allylic oxidation sites excluding steroid dienone is 6. The van der Waals surface area contributed by atoms with Gasteiger partial charge in [-0.2, -0.15) is 20.2 Å². The Bertz CT molecular complexity index is 2550. The van der Waals surface area contributed by atoms with Gasteiger partial charge in [-0.3, -0.25) is 19.2 Å². The maximum Gasteiger partial charge on any atom is 1.00 e. The van der Waals surface area contributed by atoms with Crippen LogP contribution in [0.3, 0.4) is 0 Å². The second-order valence-electron chi connectivity index (χ2n) is 10.3. The Kier molecular flexibility index (Phi) is 20.5. The van der Waals surface area contributed by atoms with E-state index >= 15 is 0 Å². The maximum atomic E-state index is 13.1. The molecule has 30 heteroatoms. The van der Waals surface area contributed by atoms with E-state index in [-0.39, 0.29) is 130 Å². The molecule has 57 heavy (non-hydrogen) atoms. The van der Waals surface area contributed by atoms with Crippen molar-refractivity contribution in [2.75, 3.05) is 10.0 Å². The van der Waals surface area contributed by atoms with Crippen LogP contribution in [0.25, 0.3) is 0 Å². The Hall–Kier alpha value is -1.74. The van der Waals surface area contributed by atoms with Gasteiger partial charge >= 0.3 is 118 Å². The summed E-state index contributed by atoms with van der Waals surface area (Å²) in [7, 11) is -21.4. The van der Waals surface area contributed by atoms with E-state index in [9.17, 15) is 71.1 Å². The Morgan fingerprint density at radius 1 is 0.579 bits per heavy atom. The standard InChI is InChI=1S/C27H22N6O16S4.4Na/c28-24(34)22-20(26(36)32(30-22)14-8-16(50(38,39)40)12-17(9-14)51(41,42)43)6-4-2-1-3-5-7-21-23(25(29)35)31-33(27(21)37)15-10-18(52(44,45)46)13-19(11-15)53(47,48)49;;;;/h1-13,20H,(H2,28,34)(H2,29,35)(H,38,39,40)(H,41,42,43)(H,44,45,46)(H,47,48,49);;;;/q;4*+1/p-4/b2-1+,5-3+,6-4+,21-7-;;;;. The van der Waals surface area contributed by atoms with Crippen molar-refractivity contribution in [1.82, 2.24) is 0 Å². The van der Waals surface area contributed by atoms with Crippen molar-refractivity contribution in [2.24, 2.45) is 27.6 Å². The normalized spacial score (nSPS) is 16.9. The van der Waals surface area contributed by atoms with Crippen LogP contribution in [0.5, 0.6) is 0 Å². The Morgan fingerprint density at radius 3 is 1.35 bits per heavy atom. The van der Waals surface area contributed by atoms with Crippen molar-refractivity contribution < 1.29 is 189 Å². The molecule has 0 fully saturated rings. The van der Waals surface area contributed by atoms with E-state index in [0.717, 1.165) is 18.2 Å². The summed E-state index contributed by atoms with van der Waals surface area (Å²) in [4.78, 5) is 45.4. The Morgan fingerprint density at radius 2 is 0.965 bits per heavy atom. The number of amides is 4. The van der Waals surface area contributed by atoms with Crippen LogP contribution in [-0.4, -0.2) is 86.9 Å². The predicted octanol–water partition coefficient (Wildman–Crippen LogP) is -14.4. The van der Waals surface area contributed by atoms with Crippen LogP contribution >= 0.6 is 0 Å². The summed E-state index contributed by atoms with van der Waals surface area (Å²) in [6, 6.07) is 2.73. The summed E-state index contributed by atoms with van der Waals surface area (Å²) < 4.78 is 139. The van der Waals surface area contributed by atoms with Crippen LogP contribution in [0, 0.1) is 5.92 Å². The van der Waals surface area contributed by atoms with Crippen LogP contribution in [0.4, 0.5) is 11.4 Å². The number of primary amides is 2. The number of rotatable bonds is 12. The van der Waals surface area contributed by atoms with Gasteiger partial charge in [0.25, 0.3) is 23.6 Å². The monoisotopic (exact) mass is 902 g/mol. The molecule has 1 unspecified atom stereocenters. The third kappa shape index (κ3) is 13.6. The number of hydrogen-bond acceptors (Lipinski definition) is 18. The van der Waals surface area contributed by atoms with Gasteiger partial charge in [-0.15, -0.1) is 0 Å². The van der Waals surface area contributed by atoms with Gasteiger partial charge in [0, 0.05) is 0 Å². The first-order chi connectivity index (χ1) is 24.3. The Labute approximate surface area is 412 Å². The molecule has 4 amide bonds. The molecule has 0 saturated heterocycles. The molecule has 2 aromatic carbocycles. The molecule has 0 aliphatic carbocycles. The zero-order chi connectivity index (χ0) is 39.8. The topological polar surface area (TPSA) is 380 Å². The molecule has 2 heterocycles. The van der Waals surface area contributed by atoms with E-state index in [2.05, 4.69) is 10.2 Å². The zero-order valence-electron chi connectivity index (χ0n) is 29.7. The first kappa shape index (κ1) is 55.3. The molecular formula is C27H18N6Na4O16S4. The molecule has 0 aromatic heterocycles. The minimum atomic E-state index is -5.35. The first-order valence-electron chi connectivity index (χ1n) is 13.6. The SMILES string of the molecule is NC(=O)C1=NN(c2cc(S(=O)(=O)[O-])cc(S(=O)(=O)[O-])c2)C(=O)\C1=C/C=C/C=C/C=C/C1C(=O)N(c2cc(S(=O)(=O)[O-])cc(S(=O)(=O)[O-])c2)N=C1C(N)=O.[Na+].[Na+].[Na+].[Na+]. The van der Waals surface area contributed by atoms with Gasteiger partial charge in [-0.05, 0) is 42.5 Å². The molecule has 0 spiro atoms. The number of nitrogens with two attached hydrogens (primary N) is 2. The van der Waals surface area contributed by atoms with E-state index < -0.39 is 118 Å². The van der Waals surface area contributed by atoms with E-state index in [1.165, 1.54) is 24.3 Å². The second kappa shape index (κ2) is 21.2. The number of carbonyl (C=O) groups is 4. The number of hydrazone groups is 2. The zero-order valence-corrected chi connectivity index (χ0v) is 41.0. The molecule has 4 rings (SSSR count). The van der Waals surface area contributed by atoms with E-state index in [1.54, 1.807) is 0 Å². The van der Waals surface area contributed by atoms with Crippen molar-refractivity contribution in [1.29, 1.82) is 0 Å². The summed E-state index contributed by atoms with van der Waals surface area (Å²) in [5.41, 5.74) is 7.43. The van der Waals surface area contributed by atoms with Crippen LogP contribution in [-0.2, 0) is 59.7 Å². The molecular weight excluding hydrogens is 885 g/mol. The molecule has 0 radical (unpaired) electrons. The molecule has 22 nitrogen and oxygen atoms in total. The number of hydrogen-bond donors (Lipinski definition) is 2. The van der Waals surface area contributed by atoms with Gasteiger partial charge < -0.3 is 29.7 Å². The predicted molar refractivity (Wildman–Crippen MR) is 172 cm³/mol. The van der Waals surface area contributed by atoms with Gasteiger partial charge in [0.1, 0.15) is 52.1 Å². The summed E-state index contributed by atoms with van der Waals surface area (Å²) in [6.45, 7) is 0. The molecule has 280 valence electrons. The van der Waals surface area contributed by atoms with Crippen LogP contribution in [0.15, 0.2) is 114 Å². The van der Waals surface area contributed by atoms with Crippen LogP contribution < -0.4 is 140 Å². The van der Waals surface area contributed by atoms with Crippen molar-refractivity contribution in [3.05, 3.63) is 84.5 Å². The molecule has 0 saturated carbocycles. The van der Waals surface area contributed by atoms with Crippen molar-refractivity contribution in [2.45, 2.75) is 19.6 Å². The Balaban J connectivity index is 0.00000784. The molecule has 1 atom stereocenters. The van der Waals surface area contributed by atoms with Gasteiger partial charge in [0.15, 0.2) is 5.71 Å². The van der Waals surface area contributed by atoms with Gasteiger partial charge in [0.2, 0.25) is 0 Å². The number of nitrogens with zero attached hydrogens (tertiary/aromatic N) is 4. The minimum absolute atomic E-state index is 0. The largest absolute Gasteiger partial charge is 1.00 e. The average molecular weight is 903 g/mol. The van der Waals surface area contributed by atoms with Crippen LogP contribution in [0.1, 0.15) is 0 Å². The van der Waals surface area contributed by atoms with E-state index in [4.69, 9.17) is 11.5 Å². The summed E-state index contributed by atoms with van der Waals surface area (Å²) in [5, 5.41) is 8.04. The van der Waals surface area contributed by atoms with Crippen LogP contribution in [0.2, 0.25) is 0 Å². The third-order valence-corrected chi connectivity index (χ3v) is 9.98. The average Bonchev–Trinajstić information content (AvgIpc) is 3.54. The first-order valence-corrected chi connectivity index (χ1v) is 19.2. The number of benzene rings is 2. The van der Waals surface area contributed by atoms with Gasteiger partial charge in [-0.1, -0.05) is 36.5 Å². The van der Waals surface area contributed by atoms with Gasteiger partial charge in [-0.25, -0.2) is 33.7 Å². The summed E-state index contributed by atoms with van der Waals surface area (Å²) >= 11 is 0. The molecule has 2 aromatic rings. The summed E-state index contributed by atoms with van der Waals surface area (Å²) in [6.07, 6.45) is 8.19. The van der Waals surface area contributed by atoms with Crippen molar-refractivity contribution in [3.8, 4) is 0 Å². The number of anilines is 2. The molecule has 0 bridgehead atoms. The van der Waals surface area contributed by atoms with E-state index in [1.807, 2.05) is 0 Å². The third-order valence-electron chi connectivity index (χ3n) is 6.73. The fourth-order valence-electron chi connectivity index (χ4n) is 4.41. The quantitative estimate of drug-likeness (QED) is 0.0864. The van der Waals surface area contributed by atoms with Crippen molar-refractivity contribution in [3.63, 3.8) is 0 Å². The molecule has 2 aliphatic rings. The fourth-order valence-corrected chi connectivity index (χ4v) is 6.70. The molecule has 2 aliphatic heterocycles. The second-order valence-corrected chi connectivity index (χ2v) is 15.8. The van der Waals surface area contributed by atoms with Gasteiger partial charge in [0.05, 0.1) is 36.5 Å². The summed E-state index contributed by atoms with van der Waals surface area (Å²) in [5.74, 6) is -6.28. The van der Waals surface area contributed by atoms with Crippen molar-refractivity contribution >= 4 is 86.9 Å². The smallest absolute Gasteiger partial charge is 0.744 e. The molecule has 4 N–H and O–H groups in total.